The SMILES string of the molecule is CC(OC(=O)c1c[nH]c2ccc(Br)cc12)C(=O)NC(C)c1ccc(F)cc1. The Bertz CT molecular complexity index is 985. The maximum Gasteiger partial charge on any atom is 0.341 e. The summed E-state index contributed by atoms with van der Waals surface area (Å²) in [5.74, 6) is -1.36. The minimum absolute atomic E-state index is 0.343. The monoisotopic (exact) mass is 432 g/mol. The van der Waals surface area contributed by atoms with Gasteiger partial charge in [0.15, 0.2) is 6.10 Å². The van der Waals surface area contributed by atoms with Crippen molar-refractivity contribution in [3.05, 3.63) is 70.1 Å². The second-order valence-electron chi connectivity index (χ2n) is 6.22. The van der Waals surface area contributed by atoms with Crippen molar-refractivity contribution in [1.82, 2.24) is 10.3 Å². The van der Waals surface area contributed by atoms with Crippen LogP contribution in [0.4, 0.5) is 4.39 Å². The Kier molecular flexibility index (Phi) is 5.60. The minimum atomic E-state index is -0.975. The lowest BCUT2D eigenvalue weighted by Crippen LogP contribution is -2.37. The summed E-state index contributed by atoms with van der Waals surface area (Å²) >= 11 is 3.37. The van der Waals surface area contributed by atoms with Crippen molar-refractivity contribution in [1.29, 1.82) is 0 Å². The zero-order valence-electron chi connectivity index (χ0n) is 14.8. The number of ether oxygens (including phenoxy) is 1. The molecule has 0 saturated carbocycles. The molecule has 3 rings (SSSR count). The average Bonchev–Trinajstić information content (AvgIpc) is 3.05. The number of aromatic amines is 1. The van der Waals surface area contributed by atoms with Gasteiger partial charge in [0.25, 0.3) is 5.91 Å². The summed E-state index contributed by atoms with van der Waals surface area (Å²) in [6.07, 6.45) is 0.586. The van der Waals surface area contributed by atoms with E-state index < -0.39 is 18.0 Å². The molecule has 1 amide bonds. The fourth-order valence-electron chi connectivity index (χ4n) is 2.70. The van der Waals surface area contributed by atoms with E-state index in [0.717, 1.165) is 15.6 Å². The second kappa shape index (κ2) is 7.92. The number of carbonyl (C=O) groups is 2. The first kappa shape index (κ1) is 19.1. The van der Waals surface area contributed by atoms with Gasteiger partial charge in [0, 0.05) is 21.6 Å². The van der Waals surface area contributed by atoms with Crippen molar-refractivity contribution >= 4 is 38.7 Å². The highest BCUT2D eigenvalue weighted by molar-refractivity contribution is 9.10. The van der Waals surface area contributed by atoms with Gasteiger partial charge in [0.2, 0.25) is 0 Å². The van der Waals surface area contributed by atoms with E-state index in [1.807, 2.05) is 18.2 Å². The maximum atomic E-state index is 13.0. The number of rotatable bonds is 5. The molecule has 0 radical (unpaired) electrons. The minimum Gasteiger partial charge on any atom is -0.449 e. The van der Waals surface area contributed by atoms with E-state index in [-0.39, 0.29) is 11.9 Å². The molecule has 0 aliphatic rings. The summed E-state index contributed by atoms with van der Waals surface area (Å²) in [6.45, 7) is 3.28. The zero-order chi connectivity index (χ0) is 19.6. The highest BCUT2D eigenvalue weighted by Gasteiger charge is 2.22. The maximum absolute atomic E-state index is 13.0. The van der Waals surface area contributed by atoms with Gasteiger partial charge in [0.1, 0.15) is 5.82 Å². The van der Waals surface area contributed by atoms with E-state index >= 15 is 0 Å². The third kappa shape index (κ3) is 4.36. The second-order valence-corrected chi connectivity index (χ2v) is 7.14. The molecule has 140 valence electrons. The first-order valence-corrected chi connectivity index (χ1v) is 9.18. The summed E-state index contributed by atoms with van der Waals surface area (Å²) in [7, 11) is 0. The predicted molar refractivity (Wildman–Crippen MR) is 104 cm³/mol. The van der Waals surface area contributed by atoms with Crippen LogP contribution in [0.1, 0.15) is 35.8 Å². The Labute approximate surface area is 164 Å². The number of benzene rings is 2. The zero-order valence-corrected chi connectivity index (χ0v) is 16.3. The van der Waals surface area contributed by atoms with Crippen LogP contribution < -0.4 is 5.32 Å². The van der Waals surface area contributed by atoms with Crippen LogP contribution in [-0.2, 0) is 9.53 Å². The molecule has 0 spiro atoms. The highest BCUT2D eigenvalue weighted by atomic mass is 79.9. The largest absolute Gasteiger partial charge is 0.449 e. The quantitative estimate of drug-likeness (QED) is 0.583. The number of fused-ring (bicyclic) bond motifs is 1. The summed E-state index contributed by atoms with van der Waals surface area (Å²) in [4.78, 5) is 27.8. The molecule has 2 unspecified atom stereocenters. The van der Waals surface area contributed by atoms with Gasteiger partial charge in [0.05, 0.1) is 11.6 Å². The highest BCUT2D eigenvalue weighted by Crippen LogP contribution is 2.23. The molecule has 0 aliphatic heterocycles. The lowest BCUT2D eigenvalue weighted by Gasteiger charge is -2.18. The number of hydrogen-bond donors (Lipinski definition) is 2. The fourth-order valence-corrected chi connectivity index (χ4v) is 3.07. The number of nitrogens with one attached hydrogen (secondary N) is 2. The Morgan fingerprint density at radius 2 is 1.85 bits per heavy atom. The van der Waals surface area contributed by atoms with Crippen molar-refractivity contribution < 1.29 is 18.7 Å². The Hall–Kier alpha value is -2.67. The van der Waals surface area contributed by atoms with Gasteiger partial charge in [-0.2, -0.15) is 0 Å². The Balaban J connectivity index is 1.65. The molecule has 0 aliphatic carbocycles. The van der Waals surface area contributed by atoms with Gasteiger partial charge in [-0.05, 0) is 49.7 Å². The molecule has 2 aromatic carbocycles. The molecule has 1 aromatic heterocycles. The molecule has 0 saturated heterocycles. The van der Waals surface area contributed by atoms with Crippen LogP contribution in [0.3, 0.4) is 0 Å². The van der Waals surface area contributed by atoms with Crippen LogP contribution in [0.15, 0.2) is 53.1 Å². The smallest absolute Gasteiger partial charge is 0.341 e. The van der Waals surface area contributed by atoms with Crippen molar-refractivity contribution in [2.75, 3.05) is 0 Å². The Morgan fingerprint density at radius 1 is 1.15 bits per heavy atom. The number of amides is 1. The molecule has 2 N–H and O–H groups in total. The van der Waals surface area contributed by atoms with Crippen LogP contribution in [-0.4, -0.2) is 23.0 Å². The van der Waals surface area contributed by atoms with E-state index in [1.165, 1.54) is 19.1 Å². The molecular formula is C20H18BrFN2O3. The van der Waals surface area contributed by atoms with Crippen LogP contribution in [0.5, 0.6) is 0 Å². The molecule has 27 heavy (non-hydrogen) atoms. The van der Waals surface area contributed by atoms with Crippen molar-refractivity contribution in [2.45, 2.75) is 26.0 Å². The lowest BCUT2D eigenvalue weighted by molar-refractivity contribution is -0.129. The number of H-pyrrole nitrogens is 1. The molecule has 0 bridgehead atoms. The summed E-state index contributed by atoms with van der Waals surface area (Å²) < 4.78 is 19.2. The van der Waals surface area contributed by atoms with E-state index in [0.29, 0.717) is 10.9 Å². The summed E-state index contributed by atoms with van der Waals surface area (Å²) in [6, 6.07) is 11.0. The number of halogens is 2. The number of aromatic nitrogens is 1. The standard InChI is InChI=1S/C20H18BrFN2O3/c1-11(13-3-6-15(22)7-4-13)24-19(25)12(2)27-20(26)17-10-23-18-8-5-14(21)9-16(17)18/h3-12,23H,1-2H3,(H,24,25). The van der Waals surface area contributed by atoms with Crippen LogP contribution in [0, 0.1) is 5.82 Å². The third-order valence-corrected chi connectivity index (χ3v) is 4.74. The van der Waals surface area contributed by atoms with E-state index in [1.54, 1.807) is 25.3 Å². The third-order valence-electron chi connectivity index (χ3n) is 4.25. The van der Waals surface area contributed by atoms with Crippen molar-refractivity contribution in [2.24, 2.45) is 0 Å². The number of hydrogen-bond acceptors (Lipinski definition) is 3. The van der Waals surface area contributed by atoms with Crippen molar-refractivity contribution in [3.63, 3.8) is 0 Å². The van der Waals surface area contributed by atoms with Crippen LogP contribution >= 0.6 is 15.9 Å². The number of carbonyl (C=O) groups excluding carboxylic acids is 2. The first-order valence-electron chi connectivity index (χ1n) is 8.38. The van der Waals surface area contributed by atoms with Crippen molar-refractivity contribution in [3.8, 4) is 0 Å². The topological polar surface area (TPSA) is 71.2 Å². The van der Waals surface area contributed by atoms with Gasteiger partial charge in [-0.1, -0.05) is 28.1 Å². The average molecular weight is 433 g/mol. The molecule has 1 heterocycles. The van der Waals surface area contributed by atoms with Gasteiger partial charge in [-0.25, -0.2) is 9.18 Å². The van der Waals surface area contributed by atoms with Crippen LogP contribution in [0.25, 0.3) is 10.9 Å². The lowest BCUT2D eigenvalue weighted by atomic mass is 10.1. The van der Waals surface area contributed by atoms with Gasteiger partial charge in [-0.15, -0.1) is 0 Å². The van der Waals surface area contributed by atoms with E-state index in [4.69, 9.17) is 4.74 Å². The first-order chi connectivity index (χ1) is 12.8. The number of esters is 1. The molecule has 3 aromatic rings. The van der Waals surface area contributed by atoms with Gasteiger partial charge >= 0.3 is 5.97 Å². The van der Waals surface area contributed by atoms with Gasteiger partial charge in [-0.3, -0.25) is 4.79 Å². The summed E-state index contributed by atoms with van der Waals surface area (Å²) in [5.41, 5.74) is 1.91. The van der Waals surface area contributed by atoms with E-state index in [2.05, 4.69) is 26.2 Å². The van der Waals surface area contributed by atoms with Gasteiger partial charge < -0.3 is 15.0 Å². The molecule has 5 nitrogen and oxygen atoms in total. The van der Waals surface area contributed by atoms with Crippen LogP contribution in [0.2, 0.25) is 0 Å². The summed E-state index contributed by atoms with van der Waals surface area (Å²) in [5, 5.41) is 3.47. The molecule has 7 heteroatoms. The molecule has 2 atom stereocenters. The Morgan fingerprint density at radius 3 is 2.56 bits per heavy atom. The molecular weight excluding hydrogens is 415 g/mol. The normalized spacial score (nSPS) is 13.2. The fraction of sp³-hybridized carbons (Fsp3) is 0.200. The van der Waals surface area contributed by atoms with E-state index in [9.17, 15) is 14.0 Å². The molecule has 0 fully saturated rings. The predicted octanol–water partition coefficient (Wildman–Crippen LogP) is 4.49.